The molecule has 0 spiro atoms. The largest absolute Gasteiger partial charge is 0.489 e. The van der Waals surface area contributed by atoms with Crippen LogP contribution in [0.15, 0.2) is 23.1 Å². The van der Waals surface area contributed by atoms with Gasteiger partial charge in [0.1, 0.15) is 6.61 Å². The first-order chi connectivity index (χ1) is 7.80. The van der Waals surface area contributed by atoms with Crippen molar-refractivity contribution < 1.29 is 17.5 Å². The van der Waals surface area contributed by atoms with E-state index in [1.807, 2.05) is 19.0 Å². The lowest BCUT2D eigenvalue weighted by atomic mass is 10.3. The molecule has 0 aliphatic heterocycles. The number of rotatable bonds is 5. The molecule has 0 radical (unpaired) electrons. The minimum absolute atomic E-state index is 0.0132. The summed E-state index contributed by atoms with van der Waals surface area (Å²) in [5.74, 6) is -0.727. The van der Waals surface area contributed by atoms with E-state index >= 15 is 0 Å². The second-order valence-electron chi connectivity index (χ2n) is 3.79. The molecule has 1 aromatic carbocycles. The first kappa shape index (κ1) is 13.9. The third-order valence-electron chi connectivity index (χ3n) is 2.03. The van der Waals surface area contributed by atoms with Crippen molar-refractivity contribution in [3.05, 3.63) is 24.0 Å². The van der Waals surface area contributed by atoms with Crippen molar-refractivity contribution in [2.24, 2.45) is 5.14 Å². The molecule has 1 rings (SSSR count). The number of benzene rings is 1. The second-order valence-corrected chi connectivity index (χ2v) is 5.35. The highest BCUT2D eigenvalue weighted by Gasteiger charge is 2.12. The van der Waals surface area contributed by atoms with Gasteiger partial charge in [0.15, 0.2) is 11.6 Å². The fourth-order valence-corrected chi connectivity index (χ4v) is 1.64. The first-order valence-electron chi connectivity index (χ1n) is 4.90. The standard InChI is InChI=1S/C10H15FN2O3S/c1-13(2)5-6-16-10-4-3-8(7-9(10)11)17(12,14)15/h3-4,7H,5-6H2,1-2H3,(H2,12,14,15). The Morgan fingerprint density at radius 3 is 2.53 bits per heavy atom. The molecule has 1 aromatic rings. The Morgan fingerprint density at radius 2 is 2.06 bits per heavy atom. The van der Waals surface area contributed by atoms with Crippen molar-refractivity contribution in [2.45, 2.75) is 4.90 Å². The zero-order chi connectivity index (χ0) is 13.1. The molecule has 0 atom stereocenters. The zero-order valence-electron chi connectivity index (χ0n) is 9.68. The molecule has 0 aliphatic carbocycles. The quantitative estimate of drug-likeness (QED) is 0.834. The van der Waals surface area contributed by atoms with Gasteiger partial charge < -0.3 is 9.64 Å². The van der Waals surface area contributed by atoms with Crippen LogP contribution >= 0.6 is 0 Å². The summed E-state index contributed by atoms with van der Waals surface area (Å²) in [6.07, 6.45) is 0. The number of sulfonamides is 1. The van der Waals surface area contributed by atoms with E-state index in [1.165, 1.54) is 12.1 Å². The molecular formula is C10H15FN2O3S. The van der Waals surface area contributed by atoms with Crippen LogP contribution in [-0.4, -0.2) is 40.6 Å². The van der Waals surface area contributed by atoms with Gasteiger partial charge in [-0.3, -0.25) is 0 Å². The van der Waals surface area contributed by atoms with Crippen molar-refractivity contribution >= 4 is 10.0 Å². The molecule has 0 aromatic heterocycles. The summed E-state index contributed by atoms with van der Waals surface area (Å²) >= 11 is 0. The Kier molecular flexibility index (Phi) is 4.44. The lowest BCUT2D eigenvalue weighted by Crippen LogP contribution is -2.19. The predicted molar refractivity (Wildman–Crippen MR) is 61.8 cm³/mol. The minimum atomic E-state index is -3.88. The van der Waals surface area contributed by atoms with Crippen LogP contribution < -0.4 is 9.88 Å². The van der Waals surface area contributed by atoms with Gasteiger partial charge in [0.25, 0.3) is 0 Å². The lowest BCUT2D eigenvalue weighted by molar-refractivity contribution is 0.252. The highest BCUT2D eigenvalue weighted by atomic mass is 32.2. The zero-order valence-corrected chi connectivity index (χ0v) is 10.5. The summed E-state index contributed by atoms with van der Waals surface area (Å²) in [5.41, 5.74) is 0. The molecule has 2 N–H and O–H groups in total. The smallest absolute Gasteiger partial charge is 0.238 e. The molecule has 5 nitrogen and oxygen atoms in total. The van der Waals surface area contributed by atoms with Gasteiger partial charge in [-0.05, 0) is 32.3 Å². The number of halogens is 1. The molecule has 96 valence electrons. The topological polar surface area (TPSA) is 72.6 Å². The maximum Gasteiger partial charge on any atom is 0.238 e. The fourth-order valence-electron chi connectivity index (χ4n) is 1.11. The highest BCUT2D eigenvalue weighted by molar-refractivity contribution is 7.89. The van der Waals surface area contributed by atoms with Crippen molar-refractivity contribution in [1.29, 1.82) is 0 Å². The number of likely N-dealkylation sites (N-methyl/N-ethyl adjacent to an activating group) is 1. The molecule has 7 heteroatoms. The van der Waals surface area contributed by atoms with Crippen molar-refractivity contribution in [3.63, 3.8) is 0 Å². The number of hydrogen-bond donors (Lipinski definition) is 1. The SMILES string of the molecule is CN(C)CCOc1ccc(S(N)(=O)=O)cc1F. The van der Waals surface area contributed by atoms with Crippen LogP contribution in [-0.2, 0) is 10.0 Å². The summed E-state index contributed by atoms with van der Waals surface area (Å²) in [7, 11) is -0.150. The van der Waals surface area contributed by atoms with Gasteiger partial charge in [0.2, 0.25) is 10.0 Å². The number of ether oxygens (including phenoxy) is 1. The average Bonchev–Trinajstić information content (AvgIpc) is 2.18. The van der Waals surface area contributed by atoms with Crippen LogP contribution in [0.25, 0.3) is 0 Å². The van der Waals surface area contributed by atoms with E-state index in [0.29, 0.717) is 13.2 Å². The van der Waals surface area contributed by atoms with Crippen molar-refractivity contribution in [1.82, 2.24) is 4.90 Å². The number of nitrogens with zero attached hydrogens (tertiary/aromatic N) is 1. The van der Waals surface area contributed by atoms with Crippen LogP contribution in [0.3, 0.4) is 0 Å². The molecule has 0 saturated heterocycles. The molecule has 0 saturated carbocycles. The van der Waals surface area contributed by atoms with E-state index in [-0.39, 0.29) is 10.6 Å². The third kappa shape index (κ3) is 4.29. The molecule has 0 amide bonds. The van der Waals surface area contributed by atoms with Crippen molar-refractivity contribution in [2.75, 3.05) is 27.2 Å². The van der Waals surface area contributed by atoms with Gasteiger partial charge in [0, 0.05) is 6.54 Å². The van der Waals surface area contributed by atoms with Crippen LogP contribution in [0.1, 0.15) is 0 Å². The summed E-state index contributed by atoms with van der Waals surface area (Å²) in [6, 6.07) is 3.31. The summed E-state index contributed by atoms with van der Waals surface area (Å²) < 4.78 is 40.5. The van der Waals surface area contributed by atoms with Crippen LogP contribution in [0, 0.1) is 5.82 Å². The van der Waals surface area contributed by atoms with Gasteiger partial charge in [-0.25, -0.2) is 17.9 Å². The molecular weight excluding hydrogens is 247 g/mol. The monoisotopic (exact) mass is 262 g/mol. The van der Waals surface area contributed by atoms with Crippen LogP contribution in [0.5, 0.6) is 5.75 Å². The third-order valence-corrected chi connectivity index (χ3v) is 2.94. The maximum absolute atomic E-state index is 13.4. The van der Waals surface area contributed by atoms with Gasteiger partial charge in [-0.2, -0.15) is 0 Å². The van der Waals surface area contributed by atoms with Gasteiger partial charge >= 0.3 is 0 Å². The van der Waals surface area contributed by atoms with E-state index < -0.39 is 15.8 Å². The van der Waals surface area contributed by atoms with Gasteiger partial charge in [-0.1, -0.05) is 0 Å². The Morgan fingerprint density at radius 1 is 1.41 bits per heavy atom. The Labute approximate surface area is 100 Å². The molecule has 0 fully saturated rings. The van der Waals surface area contributed by atoms with Gasteiger partial charge in [-0.15, -0.1) is 0 Å². The number of nitrogens with two attached hydrogens (primary N) is 1. The average molecular weight is 262 g/mol. The maximum atomic E-state index is 13.4. The summed E-state index contributed by atoms with van der Waals surface area (Å²) in [4.78, 5) is 1.62. The Bertz CT molecular complexity index is 488. The minimum Gasteiger partial charge on any atom is -0.489 e. The van der Waals surface area contributed by atoms with E-state index in [2.05, 4.69) is 0 Å². The lowest BCUT2D eigenvalue weighted by Gasteiger charge is -2.11. The van der Waals surface area contributed by atoms with Crippen LogP contribution in [0.4, 0.5) is 4.39 Å². The molecule has 0 unspecified atom stereocenters. The number of hydrogen-bond acceptors (Lipinski definition) is 4. The predicted octanol–water partition coefficient (Wildman–Crippen LogP) is 0.414. The first-order valence-corrected chi connectivity index (χ1v) is 6.45. The fraction of sp³-hybridized carbons (Fsp3) is 0.400. The van der Waals surface area contributed by atoms with E-state index in [1.54, 1.807) is 0 Å². The molecule has 0 aliphatic rings. The van der Waals surface area contributed by atoms with E-state index in [9.17, 15) is 12.8 Å². The Balaban J connectivity index is 2.77. The van der Waals surface area contributed by atoms with E-state index in [4.69, 9.17) is 9.88 Å². The van der Waals surface area contributed by atoms with E-state index in [0.717, 1.165) is 6.07 Å². The summed E-state index contributed by atoms with van der Waals surface area (Å²) in [6.45, 7) is 0.953. The summed E-state index contributed by atoms with van der Waals surface area (Å²) in [5, 5.41) is 4.87. The Hall–Kier alpha value is -1.18. The molecule has 0 bridgehead atoms. The molecule has 0 heterocycles. The highest BCUT2D eigenvalue weighted by Crippen LogP contribution is 2.20. The van der Waals surface area contributed by atoms with Gasteiger partial charge in [0.05, 0.1) is 4.90 Å². The normalized spacial score (nSPS) is 11.8. The van der Waals surface area contributed by atoms with Crippen LogP contribution in [0.2, 0.25) is 0 Å². The second kappa shape index (κ2) is 5.44. The number of primary sulfonamides is 1. The molecule has 17 heavy (non-hydrogen) atoms. The van der Waals surface area contributed by atoms with Crippen molar-refractivity contribution in [3.8, 4) is 5.75 Å².